The molecule has 0 spiro atoms. The van der Waals surface area contributed by atoms with Gasteiger partial charge in [0.2, 0.25) is 12.5 Å². The van der Waals surface area contributed by atoms with Crippen LogP contribution in [0.5, 0.6) is 11.6 Å². The summed E-state index contributed by atoms with van der Waals surface area (Å²) in [5.74, 6) is 0.126. The fourth-order valence-corrected chi connectivity index (χ4v) is 2.39. The van der Waals surface area contributed by atoms with Crippen molar-refractivity contribution in [3.63, 3.8) is 0 Å². The number of fused-ring (bicyclic) bond motifs is 1. The summed E-state index contributed by atoms with van der Waals surface area (Å²) in [4.78, 5) is 20.7. The van der Waals surface area contributed by atoms with E-state index < -0.39 is 5.97 Å². The molecule has 0 radical (unpaired) electrons. The van der Waals surface area contributed by atoms with E-state index in [4.69, 9.17) is 15.2 Å². The largest absolute Gasteiger partial charge is 0.464 e. The zero-order valence-corrected chi connectivity index (χ0v) is 10.7. The number of methoxy groups -OCH3 is 1. The van der Waals surface area contributed by atoms with Crippen LogP contribution in [0.4, 0.5) is 5.69 Å². The molecular formula is C11H9N3O4S. The van der Waals surface area contributed by atoms with Gasteiger partial charge in [0.1, 0.15) is 0 Å². The Bertz CT molecular complexity index is 655. The van der Waals surface area contributed by atoms with Crippen LogP contribution >= 0.6 is 11.3 Å². The molecule has 3 heterocycles. The molecule has 0 unspecified atom stereocenters. The molecule has 7 nitrogen and oxygen atoms in total. The number of hydrogen-bond donors (Lipinski definition) is 1. The number of ether oxygens (including phenoxy) is 3. The first-order valence-electron chi connectivity index (χ1n) is 5.30. The maximum Gasteiger partial charge on any atom is 0.360 e. The highest BCUT2D eigenvalue weighted by molar-refractivity contribution is 7.14. The van der Waals surface area contributed by atoms with Crippen molar-refractivity contribution in [2.45, 2.75) is 0 Å². The Kier molecular flexibility index (Phi) is 2.71. The lowest BCUT2D eigenvalue weighted by atomic mass is 10.3. The van der Waals surface area contributed by atoms with E-state index in [1.165, 1.54) is 18.4 Å². The van der Waals surface area contributed by atoms with Gasteiger partial charge in [-0.25, -0.2) is 9.78 Å². The van der Waals surface area contributed by atoms with Crippen molar-refractivity contribution < 1.29 is 19.0 Å². The molecule has 0 atom stereocenters. The number of hydrogen-bond acceptors (Lipinski definition) is 8. The van der Waals surface area contributed by atoms with Gasteiger partial charge in [0, 0.05) is 0 Å². The molecule has 3 rings (SSSR count). The number of esters is 1. The number of carbonyl (C=O) groups is 1. The van der Waals surface area contributed by atoms with E-state index in [0.29, 0.717) is 16.4 Å². The normalized spacial score (nSPS) is 12.5. The van der Waals surface area contributed by atoms with Crippen molar-refractivity contribution in [1.82, 2.24) is 9.97 Å². The first kappa shape index (κ1) is 11.7. The second kappa shape index (κ2) is 4.39. The Hall–Kier alpha value is -2.35. The predicted octanol–water partition coefficient (Wildman–Crippen LogP) is 1.30. The van der Waals surface area contributed by atoms with Crippen LogP contribution in [0.3, 0.4) is 0 Å². The highest BCUT2D eigenvalue weighted by Crippen LogP contribution is 2.37. The SMILES string of the molecule is COC(=O)c1nc(-c2sccc2N)nc2c1OCO2. The van der Waals surface area contributed by atoms with Crippen molar-refractivity contribution in [2.24, 2.45) is 0 Å². The first-order valence-corrected chi connectivity index (χ1v) is 6.18. The first-order chi connectivity index (χ1) is 9.20. The lowest BCUT2D eigenvalue weighted by Gasteiger charge is -2.05. The molecule has 19 heavy (non-hydrogen) atoms. The van der Waals surface area contributed by atoms with Gasteiger partial charge in [0.05, 0.1) is 17.7 Å². The summed E-state index contributed by atoms with van der Waals surface area (Å²) >= 11 is 1.38. The van der Waals surface area contributed by atoms with Gasteiger partial charge in [0.15, 0.2) is 11.5 Å². The summed E-state index contributed by atoms with van der Waals surface area (Å²) in [6, 6.07) is 1.74. The van der Waals surface area contributed by atoms with Crippen LogP contribution in [0.1, 0.15) is 10.5 Å². The van der Waals surface area contributed by atoms with Gasteiger partial charge >= 0.3 is 5.97 Å². The zero-order chi connectivity index (χ0) is 13.4. The van der Waals surface area contributed by atoms with Crippen molar-refractivity contribution in [2.75, 3.05) is 19.6 Å². The van der Waals surface area contributed by atoms with Gasteiger partial charge in [-0.3, -0.25) is 0 Å². The Morgan fingerprint density at radius 1 is 1.47 bits per heavy atom. The van der Waals surface area contributed by atoms with Gasteiger partial charge in [-0.1, -0.05) is 0 Å². The zero-order valence-electron chi connectivity index (χ0n) is 9.87. The fourth-order valence-electron chi connectivity index (χ4n) is 1.64. The summed E-state index contributed by atoms with van der Waals surface area (Å²) < 4.78 is 15.0. The minimum absolute atomic E-state index is 0.00260. The summed E-state index contributed by atoms with van der Waals surface area (Å²) in [6.07, 6.45) is 0. The minimum Gasteiger partial charge on any atom is -0.464 e. The van der Waals surface area contributed by atoms with Crippen LogP contribution in [-0.2, 0) is 4.74 Å². The quantitative estimate of drug-likeness (QED) is 0.827. The van der Waals surface area contributed by atoms with Crippen LogP contribution in [-0.4, -0.2) is 29.8 Å². The van der Waals surface area contributed by atoms with Crippen molar-refractivity contribution in [3.8, 4) is 22.3 Å². The molecule has 1 aliphatic rings. The Balaban J connectivity index is 2.18. The van der Waals surface area contributed by atoms with E-state index in [1.807, 2.05) is 5.38 Å². The second-order valence-corrected chi connectivity index (χ2v) is 4.55. The molecule has 2 aromatic heterocycles. The van der Waals surface area contributed by atoms with E-state index in [0.717, 1.165) is 0 Å². The van der Waals surface area contributed by atoms with Crippen molar-refractivity contribution in [1.29, 1.82) is 0 Å². The molecule has 98 valence electrons. The Morgan fingerprint density at radius 3 is 3.00 bits per heavy atom. The molecular weight excluding hydrogens is 270 g/mol. The number of carbonyl (C=O) groups excluding carboxylic acids is 1. The average Bonchev–Trinajstić information content (AvgIpc) is 3.04. The summed E-state index contributed by atoms with van der Waals surface area (Å²) in [7, 11) is 1.27. The molecule has 8 heteroatoms. The lowest BCUT2D eigenvalue weighted by Crippen LogP contribution is -2.07. The highest BCUT2D eigenvalue weighted by Gasteiger charge is 2.28. The second-order valence-electron chi connectivity index (χ2n) is 3.63. The third kappa shape index (κ3) is 1.85. The van der Waals surface area contributed by atoms with E-state index in [2.05, 4.69) is 14.7 Å². The van der Waals surface area contributed by atoms with Crippen LogP contribution in [0.2, 0.25) is 0 Å². The number of nitrogen functional groups attached to an aromatic ring is 1. The van der Waals surface area contributed by atoms with E-state index in [1.54, 1.807) is 6.07 Å². The maximum absolute atomic E-state index is 11.7. The Labute approximate surface area is 111 Å². The van der Waals surface area contributed by atoms with Crippen LogP contribution < -0.4 is 15.2 Å². The minimum atomic E-state index is -0.611. The van der Waals surface area contributed by atoms with E-state index in [-0.39, 0.29) is 24.1 Å². The van der Waals surface area contributed by atoms with Crippen LogP contribution in [0.25, 0.3) is 10.7 Å². The number of rotatable bonds is 2. The summed E-state index contributed by atoms with van der Waals surface area (Å²) in [6.45, 7) is -0.00260. The third-order valence-electron chi connectivity index (χ3n) is 2.51. The molecule has 2 aromatic rings. The van der Waals surface area contributed by atoms with E-state index in [9.17, 15) is 4.79 Å². The monoisotopic (exact) mass is 279 g/mol. The summed E-state index contributed by atoms with van der Waals surface area (Å²) in [5.41, 5.74) is 6.40. The standard InChI is InChI=1S/C11H9N3O4S/c1-16-11(15)6-7-10(18-4-17-7)14-9(13-6)8-5(12)2-3-19-8/h2-3H,4,12H2,1H3. The molecule has 0 aromatic carbocycles. The molecule has 0 saturated heterocycles. The molecule has 0 fully saturated rings. The number of anilines is 1. The van der Waals surface area contributed by atoms with Gasteiger partial charge in [0.25, 0.3) is 5.88 Å². The van der Waals surface area contributed by atoms with Gasteiger partial charge in [-0.05, 0) is 11.4 Å². The molecule has 2 N–H and O–H groups in total. The number of aromatic nitrogens is 2. The average molecular weight is 279 g/mol. The molecule has 0 saturated carbocycles. The predicted molar refractivity (Wildman–Crippen MR) is 67.2 cm³/mol. The molecule has 0 amide bonds. The molecule has 0 bridgehead atoms. The van der Waals surface area contributed by atoms with E-state index >= 15 is 0 Å². The van der Waals surface area contributed by atoms with Gasteiger partial charge in [-0.2, -0.15) is 4.98 Å². The summed E-state index contributed by atoms with van der Waals surface area (Å²) in [5, 5.41) is 1.82. The number of thiophene rings is 1. The van der Waals surface area contributed by atoms with Gasteiger partial charge in [-0.15, -0.1) is 11.3 Å². The fraction of sp³-hybridized carbons (Fsp3) is 0.182. The maximum atomic E-state index is 11.7. The van der Waals surface area contributed by atoms with Crippen molar-refractivity contribution >= 4 is 23.0 Å². The molecule has 1 aliphatic heterocycles. The third-order valence-corrected chi connectivity index (χ3v) is 3.44. The number of nitrogens with zero attached hydrogens (tertiary/aromatic N) is 2. The van der Waals surface area contributed by atoms with Crippen LogP contribution in [0.15, 0.2) is 11.4 Å². The topological polar surface area (TPSA) is 96.6 Å². The smallest absolute Gasteiger partial charge is 0.360 e. The van der Waals surface area contributed by atoms with Crippen molar-refractivity contribution in [3.05, 3.63) is 17.1 Å². The lowest BCUT2D eigenvalue weighted by molar-refractivity contribution is 0.0589. The van der Waals surface area contributed by atoms with Gasteiger partial charge < -0.3 is 19.9 Å². The number of nitrogens with two attached hydrogens (primary N) is 1. The van der Waals surface area contributed by atoms with Crippen LogP contribution in [0, 0.1) is 0 Å². The molecule has 0 aliphatic carbocycles. The highest BCUT2D eigenvalue weighted by atomic mass is 32.1. The Morgan fingerprint density at radius 2 is 2.32 bits per heavy atom.